The monoisotopic (exact) mass is 718 g/mol. The van der Waals surface area contributed by atoms with Crippen LogP contribution in [-0.2, 0) is 19.2 Å². The molecule has 0 radical (unpaired) electrons. The SMILES string of the molecule is CC(=O)/C(=N\Nc1ccccc1OCOc1ccccc1N/N=C(\C(C)=O)C(=O)Nc1ccc2[nH]c(=O)[nH]c2c1)C(=O)Nc1ccc2[nH]c(=O)[nH]c2c1. The van der Waals surface area contributed by atoms with Gasteiger partial charge in [0.25, 0.3) is 11.8 Å². The van der Waals surface area contributed by atoms with E-state index in [1.54, 1.807) is 72.8 Å². The standard InChI is InChI=1S/C35H30N10O8/c1-18(46)30(32(48)36-20-11-13-22-26(15-20)40-34(50)38-22)44-42-24-7-3-5-9-28(24)52-17-53-29-10-6-4-8-25(29)43-45-31(19(2)47)33(49)37-21-12-14-23-27(16-21)41-35(51)39-23/h3-16,42-43H,17H2,1-2H3,(H,36,48)(H,37,49)(H2,38,40,50)(H2,39,41,51)/b44-30+,45-31+. The summed E-state index contributed by atoms with van der Waals surface area (Å²) < 4.78 is 11.6. The molecule has 0 spiro atoms. The van der Waals surface area contributed by atoms with Crippen LogP contribution >= 0.6 is 0 Å². The minimum absolute atomic E-state index is 0.266. The summed E-state index contributed by atoms with van der Waals surface area (Å²) in [7, 11) is 0. The Morgan fingerprint density at radius 2 is 0.962 bits per heavy atom. The topological polar surface area (TPSA) is 257 Å². The Kier molecular flexibility index (Phi) is 10.2. The molecule has 18 heteroatoms. The third-order valence-corrected chi connectivity index (χ3v) is 7.42. The number of carbonyl (C=O) groups is 4. The first-order valence-electron chi connectivity index (χ1n) is 15.7. The highest BCUT2D eigenvalue weighted by atomic mass is 16.7. The molecule has 0 atom stereocenters. The highest BCUT2D eigenvalue weighted by Gasteiger charge is 2.19. The third-order valence-electron chi connectivity index (χ3n) is 7.42. The van der Waals surface area contributed by atoms with Crippen LogP contribution in [0.4, 0.5) is 22.7 Å². The van der Waals surface area contributed by atoms with Crippen LogP contribution in [0.1, 0.15) is 13.8 Å². The van der Waals surface area contributed by atoms with Gasteiger partial charge in [0.15, 0.2) is 23.0 Å². The first-order valence-corrected chi connectivity index (χ1v) is 15.7. The minimum atomic E-state index is -0.781. The van der Waals surface area contributed by atoms with E-state index in [-0.39, 0.29) is 18.3 Å². The number of rotatable bonds is 14. The van der Waals surface area contributed by atoms with Crippen LogP contribution in [0.3, 0.4) is 0 Å². The zero-order chi connectivity index (χ0) is 37.5. The van der Waals surface area contributed by atoms with Crippen molar-refractivity contribution in [2.45, 2.75) is 13.8 Å². The van der Waals surface area contributed by atoms with Gasteiger partial charge < -0.3 is 40.0 Å². The smallest absolute Gasteiger partial charge is 0.323 e. The molecule has 6 rings (SSSR count). The van der Waals surface area contributed by atoms with Gasteiger partial charge in [-0.05, 0) is 60.7 Å². The summed E-state index contributed by atoms with van der Waals surface area (Å²) in [5.74, 6) is -2.25. The number of amides is 2. The fraction of sp³-hybridized carbons (Fsp3) is 0.0857. The summed E-state index contributed by atoms with van der Waals surface area (Å²) in [4.78, 5) is 84.1. The second-order valence-electron chi connectivity index (χ2n) is 11.2. The number of benzene rings is 4. The van der Waals surface area contributed by atoms with Gasteiger partial charge in [0.1, 0.15) is 11.5 Å². The maximum absolute atomic E-state index is 13.0. The molecule has 0 fully saturated rings. The number of hydrogen-bond acceptors (Lipinski definition) is 12. The van der Waals surface area contributed by atoms with Crippen molar-refractivity contribution in [1.29, 1.82) is 0 Å². The summed E-state index contributed by atoms with van der Waals surface area (Å²) in [6.07, 6.45) is 0. The molecule has 2 aromatic heterocycles. The molecule has 0 aliphatic heterocycles. The van der Waals surface area contributed by atoms with Gasteiger partial charge >= 0.3 is 11.4 Å². The van der Waals surface area contributed by atoms with Crippen LogP contribution in [0.2, 0.25) is 0 Å². The number of nitrogens with zero attached hydrogens (tertiary/aromatic N) is 2. The first kappa shape index (κ1) is 35.1. The van der Waals surface area contributed by atoms with Gasteiger partial charge in [0.05, 0.1) is 33.4 Å². The number of nitrogens with one attached hydrogen (secondary N) is 8. The van der Waals surface area contributed by atoms with Gasteiger partial charge in [-0.15, -0.1) is 0 Å². The first-order chi connectivity index (χ1) is 25.5. The largest absolute Gasteiger partial charge is 0.455 e. The van der Waals surface area contributed by atoms with E-state index in [0.29, 0.717) is 44.8 Å². The zero-order valence-electron chi connectivity index (χ0n) is 28.0. The molecular weight excluding hydrogens is 688 g/mol. The number of imidazole rings is 2. The molecule has 53 heavy (non-hydrogen) atoms. The Morgan fingerprint density at radius 1 is 0.566 bits per heavy atom. The third kappa shape index (κ3) is 8.52. The lowest BCUT2D eigenvalue weighted by Crippen LogP contribution is -2.29. The number of Topliss-reactive ketones (excluding diaryl/α,β-unsaturated/α-hetero) is 2. The average Bonchev–Trinajstić information content (AvgIpc) is 3.68. The molecule has 8 N–H and O–H groups in total. The number of ketones is 2. The Labute approximate surface area is 297 Å². The number of aromatic nitrogens is 4. The molecule has 6 aromatic rings. The molecule has 2 amide bonds. The van der Waals surface area contributed by atoms with Crippen LogP contribution in [-0.4, -0.2) is 61.5 Å². The van der Waals surface area contributed by atoms with Gasteiger partial charge in [0.2, 0.25) is 6.79 Å². The maximum atomic E-state index is 13.0. The summed E-state index contributed by atoms with van der Waals surface area (Å²) in [6, 6.07) is 22.6. The van der Waals surface area contributed by atoms with E-state index in [9.17, 15) is 28.8 Å². The molecule has 0 aliphatic carbocycles. The van der Waals surface area contributed by atoms with E-state index in [2.05, 4.69) is 51.6 Å². The van der Waals surface area contributed by atoms with Crippen molar-refractivity contribution in [1.82, 2.24) is 19.9 Å². The molecule has 2 heterocycles. The Balaban J connectivity index is 1.09. The molecule has 268 valence electrons. The van der Waals surface area contributed by atoms with E-state index in [0.717, 1.165) is 0 Å². The molecule has 0 bridgehead atoms. The van der Waals surface area contributed by atoms with Gasteiger partial charge in [0, 0.05) is 25.2 Å². The zero-order valence-corrected chi connectivity index (χ0v) is 28.0. The van der Waals surface area contributed by atoms with Gasteiger partial charge in [-0.3, -0.25) is 30.0 Å². The number of fused-ring (bicyclic) bond motifs is 2. The Bertz CT molecular complexity index is 2390. The maximum Gasteiger partial charge on any atom is 0.323 e. The fourth-order valence-electron chi connectivity index (χ4n) is 4.94. The van der Waals surface area contributed by atoms with E-state index in [1.807, 2.05) is 0 Å². The molecule has 0 saturated heterocycles. The molecule has 0 unspecified atom stereocenters. The van der Waals surface area contributed by atoms with Crippen molar-refractivity contribution in [2.24, 2.45) is 10.2 Å². The Morgan fingerprint density at radius 3 is 1.38 bits per heavy atom. The van der Waals surface area contributed by atoms with Crippen molar-refractivity contribution < 1.29 is 28.7 Å². The number of para-hydroxylation sites is 4. The number of H-pyrrole nitrogens is 4. The van der Waals surface area contributed by atoms with Crippen molar-refractivity contribution >= 4 is 79.6 Å². The number of hydrazone groups is 2. The van der Waals surface area contributed by atoms with E-state index < -0.39 is 46.2 Å². The number of anilines is 4. The van der Waals surface area contributed by atoms with Crippen molar-refractivity contribution in [3.8, 4) is 11.5 Å². The lowest BCUT2D eigenvalue weighted by atomic mass is 10.2. The second-order valence-corrected chi connectivity index (χ2v) is 11.2. The van der Waals surface area contributed by atoms with E-state index in [1.165, 1.54) is 26.0 Å². The van der Waals surface area contributed by atoms with Crippen LogP contribution in [0.15, 0.2) is 105 Å². The molecule has 0 saturated carbocycles. The van der Waals surface area contributed by atoms with Gasteiger partial charge in [-0.25, -0.2) is 9.59 Å². The molecule has 4 aromatic carbocycles. The lowest BCUT2D eigenvalue weighted by Gasteiger charge is -2.14. The lowest BCUT2D eigenvalue weighted by molar-refractivity contribution is -0.116. The van der Waals surface area contributed by atoms with Crippen molar-refractivity contribution in [3.63, 3.8) is 0 Å². The summed E-state index contributed by atoms with van der Waals surface area (Å²) >= 11 is 0. The molecular formula is C35H30N10O8. The molecule has 18 nitrogen and oxygen atoms in total. The van der Waals surface area contributed by atoms with Crippen molar-refractivity contribution in [2.75, 3.05) is 28.3 Å². The van der Waals surface area contributed by atoms with Crippen LogP contribution in [0, 0.1) is 0 Å². The van der Waals surface area contributed by atoms with Crippen molar-refractivity contribution in [3.05, 3.63) is 106 Å². The summed E-state index contributed by atoms with van der Waals surface area (Å²) in [5.41, 5.74) is 7.07. The predicted octanol–water partition coefficient (Wildman–Crippen LogP) is 3.43. The predicted molar refractivity (Wildman–Crippen MR) is 198 cm³/mol. The average molecular weight is 719 g/mol. The quantitative estimate of drug-likeness (QED) is 0.0352. The number of aromatic amines is 4. The van der Waals surface area contributed by atoms with E-state index in [4.69, 9.17) is 9.47 Å². The van der Waals surface area contributed by atoms with Crippen LogP contribution in [0.25, 0.3) is 22.1 Å². The van der Waals surface area contributed by atoms with Gasteiger partial charge in [-0.2, -0.15) is 10.2 Å². The van der Waals surface area contributed by atoms with E-state index >= 15 is 0 Å². The fourth-order valence-corrected chi connectivity index (χ4v) is 4.94. The highest BCUT2D eigenvalue weighted by molar-refractivity contribution is 6.67. The Hall–Kier alpha value is -7.76. The van der Waals surface area contributed by atoms with Crippen LogP contribution in [0.5, 0.6) is 11.5 Å². The number of ether oxygens (including phenoxy) is 2. The van der Waals surface area contributed by atoms with Gasteiger partial charge in [-0.1, -0.05) is 24.3 Å². The molecule has 0 aliphatic rings. The second kappa shape index (κ2) is 15.4. The normalized spacial score (nSPS) is 11.6. The number of hydrogen-bond donors (Lipinski definition) is 8. The number of carbonyl (C=O) groups excluding carboxylic acids is 4. The highest BCUT2D eigenvalue weighted by Crippen LogP contribution is 2.27. The minimum Gasteiger partial charge on any atom is -0.455 e. The summed E-state index contributed by atoms with van der Waals surface area (Å²) in [5, 5.41) is 13.2. The summed E-state index contributed by atoms with van der Waals surface area (Å²) in [6.45, 7) is 2.06. The van der Waals surface area contributed by atoms with Crippen LogP contribution < -0.4 is 42.3 Å².